The van der Waals surface area contributed by atoms with Crippen molar-refractivity contribution in [3.63, 3.8) is 0 Å². The number of nitrogens with one attached hydrogen (secondary N) is 2. The number of carbonyl (C=O) groups is 1. The highest BCUT2D eigenvalue weighted by molar-refractivity contribution is 7.89. The fraction of sp³-hybridized carbons (Fsp3) is 0.533. The van der Waals surface area contributed by atoms with E-state index in [0.717, 1.165) is 19.4 Å². The second kappa shape index (κ2) is 7.21. The van der Waals surface area contributed by atoms with Crippen molar-refractivity contribution in [1.29, 1.82) is 0 Å². The average Bonchev–Trinajstić information content (AvgIpc) is 2.99. The average molecular weight is 326 g/mol. The Morgan fingerprint density at radius 2 is 2.23 bits per heavy atom. The van der Waals surface area contributed by atoms with Gasteiger partial charge in [-0.15, -0.1) is 0 Å². The number of sulfonamides is 1. The zero-order chi connectivity index (χ0) is 16.2. The molecule has 6 nitrogen and oxygen atoms in total. The lowest BCUT2D eigenvalue weighted by Crippen LogP contribution is -2.37. The third kappa shape index (κ3) is 4.06. The summed E-state index contributed by atoms with van der Waals surface area (Å²) in [6.45, 7) is 4.94. The predicted molar refractivity (Wildman–Crippen MR) is 83.3 cm³/mol. The second-order valence-electron chi connectivity index (χ2n) is 5.35. The first-order chi connectivity index (χ1) is 10.4. The van der Waals surface area contributed by atoms with E-state index in [0.29, 0.717) is 12.1 Å². The summed E-state index contributed by atoms with van der Waals surface area (Å²) < 4.78 is 32.4. The molecule has 0 spiro atoms. The molecule has 122 valence electrons. The van der Waals surface area contributed by atoms with Crippen molar-refractivity contribution >= 4 is 16.0 Å². The van der Waals surface area contributed by atoms with Gasteiger partial charge in [-0.1, -0.05) is 6.07 Å². The van der Waals surface area contributed by atoms with Gasteiger partial charge in [-0.05, 0) is 50.9 Å². The predicted octanol–water partition coefficient (Wildman–Crippen LogP) is 1.20. The van der Waals surface area contributed by atoms with Gasteiger partial charge < -0.3 is 10.1 Å². The molecule has 1 aromatic carbocycles. The molecule has 1 aromatic rings. The van der Waals surface area contributed by atoms with Crippen molar-refractivity contribution < 1.29 is 17.9 Å². The molecule has 1 unspecified atom stereocenters. The minimum Gasteiger partial charge on any atom is -0.462 e. The second-order valence-corrected chi connectivity index (χ2v) is 7.08. The highest BCUT2D eigenvalue weighted by Gasteiger charge is 2.22. The number of aryl methyl sites for hydroxylation is 1. The van der Waals surface area contributed by atoms with Crippen molar-refractivity contribution in [1.82, 2.24) is 10.0 Å². The summed E-state index contributed by atoms with van der Waals surface area (Å²) in [4.78, 5) is 11.9. The minimum absolute atomic E-state index is 0.121. The maximum Gasteiger partial charge on any atom is 0.338 e. The number of benzene rings is 1. The van der Waals surface area contributed by atoms with Gasteiger partial charge in [0, 0.05) is 12.6 Å². The van der Waals surface area contributed by atoms with Crippen LogP contribution in [-0.4, -0.2) is 40.1 Å². The Balaban J connectivity index is 2.17. The van der Waals surface area contributed by atoms with Gasteiger partial charge >= 0.3 is 5.97 Å². The summed E-state index contributed by atoms with van der Waals surface area (Å²) >= 11 is 0. The number of hydrogen-bond donors (Lipinski definition) is 2. The normalized spacial score (nSPS) is 18.4. The zero-order valence-electron chi connectivity index (χ0n) is 12.9. The standard InChI is InChI=1S/C15H22N2O4S/c1-3-21-15(18)12-7-6-11(2)14(9-12)22(19,20)17-10-13-5-4-8-16-13/h6-7,9,13,16-17H,3-5,8,10H2,1-2H3. The van der Waals surface area contributed by atoms with Crippen molar-refractivity contribution in [3.05, 3.63) is 29.3 Å². The zero-order valence-corrected chi connectivity index (χ0v) is 13.7. The molecule has 7 heteroatoms. The molecule has 2 rings (SSSR count). The van der Waals surface area contributed by atoms with Crippen LogP contribution in [0.25, 0.3) is 0 Å². The largest absolute Gasteiger partial charge is 0.462 e. The Hall–Kier alpha value is -1.44. The topological polar surface area (TPSA) is 84.5 Å². The monoisotopic (exact) mass is 326 g/mol. The summed E-state index contributed by atoms with van der Waals surface area (Å²) in [6, 6.07) is 4.74. The Bertz CT molecular complexity index is 637. The van der Waals surface area contributed by atoms with E-state index in [9.17, 15) is 13.2 Å². The first-order valence-electron chi connectivity index (χ1n) is 7.45. The molecular formula is C15H22N2O4S. The van der Waals surface area contributed by atoms with E-state index in [1.54, 1.807) is 26.0 Å². The van der Waals surface area contributed by atoms with E-state index < -0.39 is 16.0 Å². The van der Waals surface area contributed by atoms with Crippen LogP contribution in [0.2, 0.25) is 0 Å². The van der Waals surface area contributed by atoms with Crippen LogP contribution in [0.1, 0.15) is 35.7 Å². The summed E-state index contributed by atoms with van der Waals surface area (Å²) in [5.41, 5.74) is 0.840. The first kappa shape index (κ1) is 16.9. The molecular weight excluding hydrogens is 304 g/mol. The molecule has 1 aliphatic rings. The molecule has 1 atom stereocenters. The van der Waals surface area contributed by atoms with E-state index in [1.807, 2.05) is 0 Å². The molecule has 0 bridgehead atoms. The molecule has 0 aromatic heterocycles. The van der Waals surface area contributed by atoms with Crippen molar-refractivity contribution in [2.75, 3.05) is 19.7 Å². The van der Waals surface area contributed by atoms with Crippen LogP contribution < -0.4 is 10.0 Å². The number of esters is 1. The number of hydrogen-bond acceptors (Lipinski definition) is 5. The Kier molecular flexibility index (Phi) is 5.55. The summed E-state index contributed by atoms with van der Waals surface area (Å²) in [5.74, 6) is -0.517. The van der Waals surface area contributed by atoms with E-state index >= 15 is 0 Å². The van der Waals surface area contributed by atoms with Gasteiger partial charge in [0.15, 0.2) is 0 Å². The van der Waals surface area contributed by atoms with Crippen molar-refractivity contribution in [2.24, 2.45) is 0 Å². The first-order valence-corrected chi connectivity index (χ1v) is 8.93. The maximum absolute atomic E-state index is 12.5. The van der Waals surface area contributed by atoms with Crippen LogP contribution in [0.3, 0.4) is 0 Å². The quantitative estimate of drug-likeness (QED) is 0.768. The van der Waals surface area contributed by atoms with Gasteiger partial charge in [0.2, 0.25) is 10.0 Å². The van der Waals surface area contributed by atoms with E-state index in [-0.39, 0.29) is 23.1 Å². The Morgan fingerprint density at radius 3 is 2.86 bits per heavy atom. The molecule has 0 aliphatic carbocycles. The molecule has 0 radical (unpaired) electrons. The van der Waals surface area contributed by atoms with E-state index in [4.69, 9.17) is 4.74 Å². The van der Waals surface area contributed by atoms with Crippen LogP contribution in [0, 0.1) is 6.92 Å². The summed E-state index contributed by atoms with van der Waals surface area (Å²) in [6.07, 6.45) is 2.02. The third-order valence-corrected chi connectivity index (χ3v) is 5.24. The Labute approximate surface area is 131 Å². The number of ether oxygens (including phenoxy) is 1. The van der Waals surface area contributed by atoms with Gasteiger partial charge in [0.05, 0.1) is 17.1 Å². The minimum atomic E-state index is -3.65. The van der Waals surface area contributed by atoms with Crippen molar-refractivity contribution in [3.8, 4) is 0 Å². The highest BCUT2D eigenvalue weighted by Crippen LogP contribution is 2.18. The lowest BCUT2D eigenvalue weighted by molar-refractivity contribution is 0.0526. The molecule has 0 amide bonds. The molecule has 1 heterocycles. The van der Waals surface area contributed by atoms with Crippen LogP contribution in [0.4, 0.5) is 0 Å². The van der Waals surface area contributed by atoms with Crippen molar-refractivity contribution in [2.45, 2.75) is 37.6 Å². The third-order valence-electron chi connectivity index (χ3n) is 3.67. The lowest BCUT2D eigenvalue weighted by Gasteiger charge is -2.14. The molecule has 0 saturated carbocycles. The van der Waals surface area contributed by atoms with E-state index in [1.165, 1.54) is 6.07 Å². The van der Waals surface area contributed by atoms with Gasteiger partial charge in [0.1, 0.15) is 0 Å². The summed E-state index contributed by atoms with van der Waals surface area (Å²) in [7, 11) is -3.65. The van der Waals surface area contributed by atoms with Crippen LogP contribution >= 0.6 is 0 Å². The van der Waals surface area contributed by atoms with Crippen LogP contribution in [0.5, 0.6) is 0 Å². The molecule has 1 saturated heterocycles. The summed E-state index contributed by atoms with van der Waals surface area (Å²) in [5, 5.41) is 3.24. The van der Waals surface area contributed by atoms with Gasteiger partial charge in [-0.25, -0.2) is 17.9 Å². The maximum atomic E-state index is 12.5. The van der Waals surface area contributed by atoms with Gasteiger partial charge in [0.25, 0.3) is 0 Å². The molecule has 1 fully saturated rings. The highest BCUT2D eigenvalue weighted by atomic mass is 32.2. The lowest BCUT2D eigenvalue weighted by atomic mass is 10.1. The SMILES string of the molecule is CCOC(=O)c1ccc(C)c(S(=O)(=O)NCC2CCCN2)c1. The fourth-order valence-electron chi connectivity index (χ4n) is 2.45. The van der Waals surface area contributed by atoms with Gasteiger partial charge in [-0.2, -0.15) is 0 Å². The molecule has 2 N–H and O–H groups in total. The molecule has 22 heavy (non-hydrogen) atoms. The van der Waals surface area contributed by atoms with E-state index in [2.05, 4.69) is 10.0 Å². The molecule has 1 aliphatic heterocycles. The fourth-order valence-corrected chi connectivity index (χ4v) is 3.80. The van der Waals surface area contributed by atoms with Gasteiger partial charge in [-0.3, -0.25) is 0 Å². The number of rotatable bonds is 6. The number of carbonyl (C=O) groups excluding carboxylic acids is 1. The Morgan fingerprint density at radius 1 is 1.45 bits per heavy atom. The van der Waals surface area contributed by atoms with Crippen LogP contribution in [-0.2, 0) is 14.8 Å². The van der Waals surface area contributed by atoms with Crippen LogP contribution in [0.15, 0.2) is 23.1 Å². The smallest absolute Gasteiger partial charge is 0.338 e.